The summed E-state index contributed by atoms with van der Waals surface area (Å²) in [5.74, 6) is -0.434. The van der Waals surface area contributed by atoms with Crippen molar-refractivity contribution in [3.05, 3.63) is 64.7 Å². The lowest BCUT2D eigenvalue weighted by atomic mass is 9.81. The van der Waals surface area contributed by atoms with Crippen molar-refractivity contribution in [2.45, 2.75) is 63.5 Å². The number of ether oxygens (including phenoxy) is 1. The number of nitrogens with one attached hydrogen (secondary N) is 2. The van der Waals surface area contributed by atoms with Crippen molar-refractivity contribution >= 4 is 39.0 Å². The van der Waals surface area contributed by atoms with Crippen LogP contribution >= 0.6 is 0 Å². The van der Waals surface area contributed by atoms with E-state index < -0.39 is 16.1 Å². The molecule has 0 bridgehead atoms. The van der Waals surface area contributed by atoms with Crippen LogP contribution in [0.4, 0.5) is 0 Å². The van der Waals surface area contributed by atoms with E-state index >= 15 is 0 Å². The van der Waals surface area contributed by atoms with Crippen molar-refractivity contribution in [1.29, 1.82) is 0 Å². The highest BCUT2D eigenvalue weighted by Gasteiger charge is 2.31. The number of rotatable bonds is 6. The molecule has 3 aliphatic rings. The first-order chi connectivity index (χ1) is 20.2. The SMILES string of the molecule is CN(C)S(=O)(=O)NC(=O)c1ccc2c(C3CCCCC3)c3n(c2c1)CC(C(=O)NC1CCOCC1)=Cc1ccccc1-3. The third-order valence-electron chi connectivity index (χ3n) is 8.80. The molecule has 0 radical (unpaired) electrons. The first-order valence-electron chi connectivity index (χ1n) is 14.8. The van der Waals surface area contributed by atoms with E-state index in [0.717, 1.165) is 70.6 Å². The molecule has 2 fully saturated rings. The summed E-state index contributed by atoms with van der Waals surface area (Å²) >= 11 is 0. The molecule has 2 aromatic carbocycles. The molecule has 3 heterocycles. The van der Waals surface area contributed by atoms with E-state index in [0.29, 0.717) is 31.2 Å². The summed E-state index contributed by atoms with van der Waals surface area (Å²) in [6.45, 7) is 1.61. The predicted molar refractivity (Wildman–Crippen MR) is 163 cm³/mol. The smallest absolute Gasteiger partial charge is 0.303 e. The monoisotopic (exact) mass is 590 g/mol. The van der Waals surface area contributed by atoms with E-state index in [1.807, 2.05) is 24.3 Å². The van der Waals surface area contributed by atoms with E-state index in [4.69, 9.17) is 4.74 Å². The predicted octanol–water partition coefficient (Wildman–Crippen LogP) is 4.58. The first-order valence-corrected chi connectivity index (χ1v) is 16.3. The highest BCUT2D eigenvalue weighted by molar-refractivity contribution is 7.87. The van der Waals surface area contributed by atoms with Crippen LogP contribution in [0.5, 0.6) is 0 Å². The third kappa shape index (κ3) is 5.50. The van der Waals surface area contributed by atoms with Gasteiger partial charge in [0.2, 0.25) is 5.91 Å². The molecule has 42 heavy (non-hydrogen) atoms. The summed E-state index contributed by atoms with van der Waals surface area (Å²) < 4.78 is 35.6. The van der Waals surface area contributed by atoms with Crippen molar-refractivity contribution < 1.29 is 22.7 Å². The molecule has 1 saturated carbocycles. The molecule has 9 nitrogen and oxygen atoms in total. The van der Waals surface area contributed by atoms with Gasteiger partial charge in [0.05, 0.1) is 12.2 Å². The fourth-order valence-electron chi connectivity index (χ4n) is 6.54. The Morgan fingerprint density at radius 2 is 1.69 bits per heavy atom. The third-order valence-corrected chi connectivity index (χ3v) is 10.2. The Morgan fingerprint density at radius 1 is 0.952 bits per heavy atom. The zero-order valence-electron chi connectivity index (χ0n) is 24.2. The summed E-state index contributed by atoms with van der Waals surface area (Å²) in [5.41, 5.74) is 6.10. The number of fused-ring (bicyclic) bond motifs is 5. The molecular formula is C32H38N4O5S. The second-order valence-electron chi connectivity index (χ2n) is 11.8. The van der Waals surface area contributed by atoms with Gasteiger partial charge in [-0.1, -0.05) is 49.6 Å². The summed E-state index contributed by atoms with van der Waals surface area (Å²) in [6, 6.07) is 13.7. The van der Waals surface area contributed by atoms with Gasteiger partial charge >= 0.3 is 10.2 Å². The Hall–Kier alpha value is -3.47. The highest BCUT2D eigenvalue weighted by atomic mass is 32.2. The number of hydrogen-bond donors (Lipinski definition) is 2. The largest absolute Gasteiger partial charge is 0.381 e. The van der Waals surface area contributed by atoms with Gasteiger partial charge in [-0.3, -0.25) is 9.59 Å². The van der Waals surface area contributed by atoms with Crippen molar-refractivity contribution in [3.63, 3.8) is 0 Å². The lowest BCUT2D eigenvalue weighted by molar-refractivity contribution is -0.118. The molecule has 2 N–H and O–H groups in total. The second-order valence-corrected chi connectivity index (χ2v) is 13.6. The number of carbonyl (C=O) groups is 2. The molecule has 1 aliphatic carbocycles. The van der Waals surface area contributed by atoms with Gasteiger partial charge in [0, 0.05) is 61.0 Å². The molecule has 0 unspecified atom stereocenters. The number of aromatic nitrogens is 1. The summed E-state index contributed by atoms with van der Waals surface area (Å²) in [4.78, 5) is 26.8. The molecule has 3 aromatic rings. The second kappa shape index (κ2) is 11.7. The minimum Gasteiger partial charge on any atom is -0.381 e. The molecule has 6 rings (SSSR count). The maximum Gasteiger partial charge on any atom is 0.303 e. The molecule has 1 aromatic heterocycles. The van der Waals surface area contributed by atoms with Crippen LogP contribution in [0.3, 0.4) is 0 Å². The van der Waals surface area contributed by atoms with Crippen LogP contribution in [0.25, 0.3) is 28.2 Å². The lowest BCUT2D eigenvalue weighted by Crippen LogP contribution is -2.40. The van der Waals surface area contributed by atoms with Crippen molar-refractivity contribution in [2.75, 3.05) is 27.3 Å². The van der Waals surface area contributed by atoms with Gasteiger partial charge in [-0.05, 0) is 60.9 Å². The Labute approximate surface area is 247 Å². The van der Waals surface area contributed by atoms with Gasteiger partial charge in [0.25, 0.3) is 5.91 Å². The van der Waals surface area contributed by atoms with E-state index in [-0.39, 0.29) is 17.5 Å². The fraction of sp³-hybridized carbons (Fsp3) is 0.438. The van der Waals surface area contributed by atoms with Crippen LogP contribution < -0.4 is 10.0 Å². The number of nitrogens with zero attached hydrogens (tertiary/aromatic N) is 2. The normalized spacial score (nSPS) is 18.2. The van der Waals surface area contributed by atoms with Gasteiger partial charge < -0.3 is 14.6 Å². The van der Waals surface area contributed by atoms with Crippen molar-refractivity contribution in [3.8, 4) is 11.3 Å². The van der Waals surface area contributed by atoms with Crippen LogP contribution in [0, 0.1) is 0 Å². The lowest BCUT2D eigenvalue weighted by Gasteiger charge is -2.24. The molecule has 222 valence electrons. The van der Waals surface area contributed by atoms with Gasteiger partial charge in [0.15, 0.2) is 0 Å². The zero-order chi connectivity index (χ0) is 29.4. The molecule has 10 heteroatoms. The van der Waals surface area contributed by atoms with Crippen molar-refractivity contribution in [1.82, 2.24) is 18.9 Å². The molecular weight excluding hydrogens is 552 g/mol. The van der Waals surface area contributed by atoms with Gasteiger partial charge in [-0.15, -0.1) is 0 Å². The number of amides is 2. The van der Waals surface area contributed by atoms with Crippen molar-refractivity contribution in [2.24, 2.45) is 0 Å². The van der Waals surface area contributed by atoms with E-state index in [9.17, 15) is 18.0 Å². The Kier molecular flexibility index (Phi) is 7.95. The maximum absolute atomic E-state index is 13.7. The number of carbonyl (C=O) groups excluding carboxylic acids is 2. The first kappa shape index (κ1) is 28.6. The number of hydrogen-bond acceptors (Lipinski definition) is 5. The topological polar surface area (TPSA) is 110 Å². The van der Waals surface area contributed by atoms with Crippen LogP contribution in [0.2, 0.25) is 0 Å². The molecule has 2 amide bonds. The maximum atomic E-state index is 13.7. The summed E-state index contributed by atoms with van der Waals surface area (Å²) in [6.07, 6.45) is 9.29. The summed E-state index contributed by atoms with van der Waals surface area (Å²) in [7, 11) is -1.20. The van der Waals surface area contributed by atoms with Gasteiger partial charge in [-0.25, -0.2) is 4.72 Å². The zero-order valence-corrected chi connectivity index (χ0v) is 25.0. The quantitative estimate of drug-likeness (QED) is 0.437. The van der Waals surface area contributed by atoms with Crippen LogP contribution in [0.1, 0.15) is 72.3 Å². The van der Waals surface area contributed by atoms with Crippen LogP contribution in [-0.2, 0) is 26.3 Å². The van der Waals surface area contributed by atoms with E-state index in [1.165, 1.54) is 26.1 Å². The average molecular weight is 591 g/mol. The van der Waals surface area contributed by atoms with E-state index in [2.05, 4.69) is 26.7 Å². The molecule has 2 aliphatic heterocycles. The van der Waals surface area contributed by atoms with Crippen LogP contribution in [-0.4, -0.2) is 62.5 Å². The van der Waals surface area contributed by atoms with Gasteiger partial charge in [0.1, 0.15) is 0 Å². The van der Waals surface area contributed by atoms with Crippen LogP contribution in [0.15, 0.2) is 48.0 Å². The molecule has 0 spiro atoms. The average Bonchev–Trinajstić information content (AvgIpc) is 3.20. The van der Waals surface area contributed by atoms with E-state index in [1.54, 1.807) is 12.1 Å². The Morgan fingerprint density at radius 3 is 2.43 bits per heavy atom. The van der Waals surface area contributed by atoms with Gasteiger partial charge in [-0.2, -0.15) is 12.7 Å². The Bertz CT molecular complexity index is 1660. The highest BCUT2D eigenvalue weighted by Crippen LogP contribution is 2.46. The minimum absolute atomic E-state index is 0.0678. The standard InChI is InChI=1S/C32H38N4O5S/c1-35(2)42(39,40)34-32(38)23-12-13-27-28(19-23)36-20-24(31(37)33-25-14-16-41-17-15-25)18-22-10-6-7-11-26(22)30(36)29(27)21-8-4-3-5-9-21/h6-7,10-13,18-19,21,25H,3-5,8-9,14-17,20H2,1-2H3,(H,33,37)(H,34,38). The molecule has 1 saturated heterocycles. The number of benzene rings is 2. The fourth-order valence-corrected chi connectivity index (χ4v) is 7.08. The minimum atomic E-state index is -3.95. The summed E-state index contributed by atoms with van der Waals surface area (Å²) in [5, 5.41) is 4.27. The Balaban J connectivity index is 1.50. The molecule has 0 atom stereocenters.